The first-order valence-corrected chi connectivity index (χ1v) is 23.0. The van der Waals surface area contributed by atoms with E-state index in [-0.39, 0.29) is 0 Å². The van der Waals surface area contributed by atoms with Gasteiger partial charge in [-0.05, 0) is 0 Å². The van der Waals surface area contributed by atoms with Crippen LogP contribution >= 0.6 is 0 Å². The fourth-order valence-corrected chi connectivity index (χ4v) is 7.33. The SMILES string of the molecule is O=S([O-])OC[C@H]1O[C@H](O[C@@H]([C@H](OS(=O)(=O)O)[C@H](COS(=O)(=O)O)OS(=O)[O-])[C@@H](COS(=O)(=O)O)OS(=O)(=O)O)[C@H](OS(=O)(=O)O)[C@@H](OS(=O)[O-])[C@@H]1OS(=O)[O-]. The second-order valence-electron chi connectivity index (χ2n) is 8.97. The summed E-state index contributed by atoms with van der Waals surface area (Å²) in [5.74, 6) is 0. The van der Waals surface area contributed by atoms with Crippen molar-refractivity contribution in [2.24, 2.45) is 0 Å². The number of hydrogen-bond donors (Lipinski definition) is 5. The maximum absolute atomic E-state index is 11.9. The lowest BCUT2D eigenvalue weighted by Gasteiger charge is -2.46. The van der Waals surface area contributed by atoms with Crippen molar-refractivity contribution in [2.75, 3.05) is 19.8 Å². The van der Waals surface area contributed by atoms with Crippen LogP contribution in [0.2, 0.25) is 0 Å². The first-order valence-electron chi connectivity index (χ1n) is 12.2. The molecule has 34 nitrogen and oxygen atoms in total. The van der Waals surface area contributed by atoms with Gasteiger partial charge < -0.3 is 27.7 Å². The molecule has 55 heavy (non-hydrogen) atoms. The summed E-state index contributed by atoms with van der Waals surface area (Å²) in [6.07, 6.45) is -28.4. The summed E-state index contributed by atoms with van der Waals surface area (Å²) in [4.78, 5) is 0. The molecule has 5 N–H and O–H groups in total. The molecule has 4 unspecified atom stereocenters. The van der Waals surface area contributed by atoms with E-state index in [0.29, 0.717) is 0 Å². The molecule has 0 aliphatic carbocycles. The molecule has 43 heteroatoms. The van der Waals surface area contributed by atoms with Gasteiger partial charge in [-0.25, -0.2) is 37.8 Å². The zero-order chi connectivity index (χ0) is 42.9. The molecule has 1 rings (SSSR count). The van der Waals surface area contributed by atoms with Gasteiger partial charge in [-0.1, -0.05) is 0 Å². The van der Waals surface area contributed by atoms with E-state index in [9.17, 15) is 90.8 Å². The molecular weight excluding hydrogens is 977 g/mol. The first-order chi connectivity index (χ1) is 24.7. The van der Waals surface area contributed by atoms with Crippen molar-refractivity contribution in [1.29, 1.82) is 0 Å². The Kier molecular flexibility index (Phi) is 20.7. The zero-order valence-corrected chi connectivity index (χ0v) is 32.4. The molecule has 1 saturated heterocycles. The van der Waals surface area contributed by atoms with Crippen LogP contribution in [0, 0.1) is 0 Å². The third-order valence-electron chi connectivity index (χ3n) is 5.32. The van der Waals surface area contributed by atoms with Crippen LogP contribution in [0.1, 0.15) is 0 Å². The molecule has 0 saturated carbocycles. The average molecular weight is 997 g/mol. The van der Waals surface area contributed by atoms with Crippen LogP contribution in [-0.2, 0) is 145 Å². The fraction of sp³-hybridized carbons (Fsp3) is 1.00. The van der Waals surface area contributed by atoms with Gasteiger partial charge in [0.25, 0.3) is 0 Å². The van der Waals surface area contributed by atoms with Crippen molar-refractivity contribution in [3.8, 4) is 0 Å². The molecule has 0 aromatic carbocycles. The Morgan fingerprint density at radius 2 is 1.04 bits per heavy atom. The van der Waals surface area contributed by atoms with Crippen molar-refractivity contribution in [3.63, 3.8) is 0 Å². The van der Waals surface area contributed by atoms with Gasteiger partial charge in [0, 0.05) is 0 Å². The third-order valence-corrected chi connectivity index (χ3v) is 9.10. The van der Waals surface area contributed by atoms with Gasteiger partial charge >= 0.3 is 52.0 Å². The van der Waals surface area contributed by atoms with E-state index in [2.05, 4.69) is 37.6 Å². The standard InChI is InChI=1S/C12H24O34S9/c13-47(14)36-1-4-8(42-49(17)18)10(43-50(19)20)11(46-55(33,34)35)12(39-4)40-7(6(44-53(27,28)29)3-38-52(24,25)26)9(45-54(30,31)32)5(41-48(15)16)2-37-51(21,22)23/h4-12H,1-3H2,(H,13,14)(H,15,16)(H,17,18)(H,19,20)(H,21,22,23)(H,24,25,26)(H,27,28,29)(H,30,31,32)(H,33,34,35)/p-4/t4-,5+,6-,7-,8-,9-,10+,11-,12-/m1/s1. The molecule has 0 amide bonds. The Morgan fingerprint density at radius 3 is 1.44 bits per heavy atom. The predicted molar refractivity (Wildman–Crippen MR) is 154 cm³/mol. The van der Waals surface area contributed by atoms with Crippen LogP contribution in [0.25, 0.3) is 0 Å². The van der Waals surface area contributed by atoms with Crippen molar-refractivity contribution in [3.05, 3.63) is 0 Å². The molecule has 0 aromatic rings. The van der Waals surface area contributed by atoms with Crippen molar-refractivity contribution in [1.82, 2.24) is 0 Å². The summed E-state index contributed by atoms with van der Waals surface area (Å²) in [5.41, 5.74) is 0. The smallest absolute Gasteiger partial charge is 0.397 e. The molecule has 0 radical (unpaired) electrons. The van der Waals surface area contributed by atoms with E-state index in [0.717, 1.165) is 0 Å². The van der Waals surface area contributed by atoms with Crippen molar-refractivity contribution >= 4 is 97.4 Å². The van der Waals surface area contributed by atoms with Gasteiger partial charge in [0.15, 0.2) is 12.4 Å². The van der Waals surface area contributed by atoms with Crippen LogP contribution < -0.4 is 0 Å². The second-order valence-corrected chi connectivity index (χ2v) is 16.7. The second kappa shape index (κ2) is 21.7. The molecule has 1 aliphatic rings. The molecule has 1 heterocycles. The maximum atomic E-state index is 11.9. The minimum Gasteiger partial charge on any atom is -0.750 e. The van der Waals surface area contributed by atoms with Crippen molar-refractivity contribution < 1.29 is 147 Å². The predicted octanol–water partition coefficient (Wildman–Crippen LogP) is -7.35. The fourth-order valence-electron chi connectivity index (χ4n) is 3.81. The molecule has 330 valence electrons. The number of ether oxygens (including phenoxy) is 2. The van der Waals surface area contributed by atoms with Crippen LogP contribution in [-0.4, -0.2) is 175 Å². The monoisotopic (exact) mass is 996 g/mol. The van der Waals surface area contributed by atoms with E-state index < -0.39 is 172 Å². The lowest BCUT2D eigenvalue weighted by atomic mass is 9.98. The van der Waals surface area contributed by atoms with Crippen LogP contribution in [0.5, 0.6) is 0 Å². The van der Waals surface area contributed by atoms with Gasteiger partial charge in [0.05, 0.1) is 65.3 Å². The summed E-state index contributed by atoms with van der Waals surface area (Å²) in [5, 5.41) is 0. The zero-order valence-electron chi connectivity index (χ0n) is 25.1. The summed E-state index contributed by atoms with van der Waals surface area (Å²) < 4.78 is 301. The molecule has 1 aliphatic heterocycles. The number of hydrogen-bond acceptors (Lipinski definition) is 29. The minimum atomic E-state index is -6.28. The normalized spacial score (nSPS) is 26.3. The number of rotatable bonds is 26. The Labute approximate surface area is 318 Å². The molecule has 13 atom stereocenters. The molecule has 1 fully saturated rings. The Morgan fingerprint density at radius 1 is 0.564 bits per heavy atom. The van der Waals surface area contributed by atoms with Gasteiger partial charge in [-0.3, -0.25) is 39.5 Å². The highest BCUT2D eigenvalue weighted by atomic mass is 32.3. The summed E-state index contributed by atoms with van der Waals surface area (Å²) in [7, 11) is -30.2. The minimum absolute atomic E-state index is 1.60. The lowest BCUT2D eigenvalue weighted by molar-refractivity contribution is -0.312. The Balaban J connectivity index is 4.37. The highest BCUT2D eigenvalue weighted by molar-refractivity contribution is 7.82. The first kappa shape index (κ1) is 52.6. The van der Waals surface area contributed by atoms with E-state index in [4.69, 9.17) is 18.6 Å². The average Bonchev–Trinajstić information content (AvgIpc) is 2.93. The van der Waals surface area contributed by atoms with Gasteiger partial charge in [0.2, 0.25) is 0 Å². The van der Waals surface area contributed by atoms with Crippen LogP contribution in [0.15, 0.2) is 0 Å². The van der Waals surface area contributed by atoms with Crippen molar-refractivity contribution in [2.45, 2.75) is 55.1 Å². The van der Waals surface area contributed by atoms with Gasteiger partial charge in [-0.2, -0.15) is 42.1 Å². The van der Waals surface area contributed by atoms with Crippen LogP contribution in [0.3, 0.4) is 0 Å². The third kappa shape index (κ3) is 22.5. The van der Waals surface area contributed by atoms with E-state index >= 15 is 0 Å². The maximum Gasteiger partial charge on any atom is 0.397 e. The largest absolute Gasteiger partial charge is 0.750 e. The molecule has 0 spiro atoms. The van der Waals surface area contributed by atoms with E-state index in [1.54, 1.807) is 0 Å². The molecule has 0 bridgehead atoms. The van der Waals surface area contributed by atoms with E-state index in [1.165, 1.54) is 0 Å². The molecular formula is C12H20O34S9-4. The summed E-state index contributed by atoms with van der Waals surface area (Å²) in [6.45, 7) is -5.90. The quantitative estimate of drug-likeness (QED) is 0.0397. The van der Waals surface area contributed by atoms with E-state index in [1.807, 2.05) is 0 Å². The van der Waals surface area contributed by atoms with Crippen LogP contribution in [0.4, 0.5) is 0 Å². The van der Waals surface area contributed by atoms with Gasteiger partial charge in [-0.15, -0.1) is 0 Å². The highest BCUT2D eigenvalue weighted by Crippen LogP contribution is 2.34. The topological polar surface area (TPSA) is 534 Å². The summed E-state index contributed by atoms with van der Waals surface area (Å²) >= 11 is -15.6. The lowest BCUT2D eigenvalue weighted by Crippen LogP contribution is -2.64. The van der Waals surface area contributed by atoms with Gasteiger partial charge in [0.1, 0.15) is 42.7 Å². The Hall–Kier alpha value is -0.450. The Bertz CT molecular complexity index is 1920. The summed E-state index contributed by atoms with van der Waals surface area (Å²) in [6, 6.07) is 0. The molecule has 0 aromatic heterocycles. The highest BCUT2D eigenvalue weighted by Gasteiger charge is 2.55.